The van der Waals surface area contributed by atoms with Gasteiger partial charge in [0.25, 0.3) is 0 Å². The first-order valence-electron chi connectivity index (χ1n) is 20.5. The summed E-state index contributed by atoms with van der Waals surface area (Å²) in [5, 5.41) is 4.55. The second-order valence-corrected chi connectivity index (χ2v) is 15.3. The molecule has 0 aliphatic carbocycles. The van der Waals surface area contributed by atoms with Crippen LogP contribution < -0.4 is 4.90 Å². The van der Waals surface area contributed by atoms with Crippen LogP contribution in [0.2, 0.25) is 0 Å². The third-order valence-corrected chi connectivity index (χ3v) is 11.7. The molecule has 0 unspecified atom stereocenters. The average molecular weight is 766 g/mol. The Balaban J connectivity index is 0.986. The lowest BCUT2D eigenvalue weighted by atomic mass is 9.95. The molecule has 10 aromatic carbocycles. The minimum atomic E-state index is 0.899. The van der Waals surface area contributed by atoms with Crippen LogP contribution in [0.4, 0.5) is 17.1 Å². The van der Waals surface area contributed by atoms with Crippen LogP contribution in [0.25, 0.3) is 88.3 Å². The first kappa shape index (κ1) is 35.2. The first-order chi connectivity index (χ1) is 29.7. The Kier molecular flexibility index (Phi) is 8.87. The Labute approximate surface area is 349 Å². The largest absolute Gasteiger partial charge is 0.455 e. The summed E-state index contributed by atoms with van der Waals surface area (Å²) in [4.78, 5) is 2.34. The molecule has 11 rings (SSSR count). The smallest absolute Gasteiger partial charge is 0.143 e. The van der Waals surface area contributed by atoms with Gasteiger partial charge in [0.15, 0.2) is 0 Å². The molecular weight excluding hydrogens is 727 g/mol. The molecule has 0 bridgehead atoms. The van der Waals surface area contributed by atoms with E-state index >= 15 is 0 Å². The second kappa shape index (κ2) is 15.1. The maximum absolute atomic E-state index is 6.88. The molecule has 0 spiro atoms. The number of anilines is 3. The van der Waals surface area contributed by atoms with Gasteiger partial charge in [-0.25, -0.2) is 0 Å². The number of nitrogens with zero attached hydrogens (tertiary/aromatic N) is 1. The Bertz CT molecular complexity index is 3260. The number of benzene rings is 10. The van der Waals surface area contributed by atoms with E-state index in [2.05, 4.69) is 241 Å². The van der Waals surface area contributed by atoms with Gasteiger partial charge < -0.3 is 9.32 Å². The van der Waals surface area contributed by atoms with Crippen LogP contribution in [0.5, 0.6) is 0 Å². The number of hydrogen-bond donors (Lipinski definition) is 0. The number of fused-ring (bicyclic) bond motifs is 5. The number of para-hydroxylation sites is 1. The molecule has 0 N–H and O–H groups in total. The van der Waals surface area contributed by atoms with Crippen molar-refractivity contribution in [2.24, 2.45) is 0 Å². The van der Waals surface area contributed by atoms with Crippen LogP contribution >= 0.6 is 0 Å². The van der Waals surface area contributed by atoms with E-state index in [0.717, 1.165) is 55.5 Å². The van der Waals surface area contributed by atoms with Crippen LogP contribution in [-0.4, -0.2) is 0 Å². The molecule has 0 saturated carbocycles. The number of furan rings is 1. The van der Waals surface area contributed by atoms with Crippen LogP contribution in [0.15, 0.2) is 241 Å². The van der Waals surface area contributed by atoms with Gasteiger partial charge in [-0.1, -0.05) is 194 Å². The van der Waals surface area contributed by atoms with E-state index in [1.807, 2.05) is 0 Å². The molecule has 0 fully saturated rings. The van der Waals surface area contributed by atoms with Gasteiger partial charge in [-0.2, -0.15) is 0 Å². The highest BCUT2D eigenvalue weighted by molar-refractivity contribution is 6.20. The summed E-state index contributed by atoms with van der Waals surface area (Å²) < 4.78 is 6.88. The van der Waals surface area contributed by atoms with Crippen molar-refractivity contribution in [1.29, 1.82) is 0 Å². The van der Waals surface area contributed by atoms with E-state index < -0.39 is 0 Å². The van der Waals surface area contributed by atoms with Gasteiger partial charge >= 0.3 is 0 Å². The summed E-state index contributed by atoms with van der Waals surface area (Å²) in [6, 6.07) is 84.6. The Morgan fingerprint density at radius 1 is 0.233 bits per heavy atom. The van der Waals surface area contributed by atoms with E-state index in [9.17, 15) is 0 Å². The highest BCUT2D eigenvalue weighted by Gasteiger charge is 2.19. The molecule has 60 heavy (non-hydrogen) atoms. The van der Waals surface area contributed by atoms with E-state index in [0.29, 0.717) is 0 Å². The zero-order valence-electron chi connectivity index (χ0n) is 32.9. The quantitative estimate of drug-likeness (QED) is 0.153. The summed E-state index contributed by atoms with van der Waals surface area (Å²) in [7, 11) is 0. The molecule has 1 aromatic heterocycles. The molecule has 2 nitrogen and oxygen atoms in total. The maximum Gasteiger partial charge on any atom is 0.143 e. The molecular formula is C58H39NO. The molecule has 0 atom stereocenters. The topological polar surface area (TPSA) is 16.4 Å². The lowest BCUT2D eigenvalue weighted by Gasteiger charge is -2.26. The summed E-state index contributed by atoms with van der Waals surface area (Å²) in [5.74, 6) is 0. The summed E-state index contributed by atoms with van der Waals surface area (Å²) in [6.45, 7) is 0. The van der Waals surface area contributed by atoms with Gasteiger partial charge in [0.2, 0.25) is 0 Å². The van der Waals surface area contributed by atoms with Gasteiger partial charge in [-0.05, 0) is 97.9 Å². The van der Waals surface area contributed by atoms with E-state index in [4.69, 9.17) is 4.42 Å². The van der Waals surface area contributed by atoms with Crippen molar-refractivity contribution >= 4 is 49.8 Å². The summed E-state index contributed by atoms with van der Waals surface area (Å²) in [6.07, 6.45) is 0. The highest BCUT2D eigenvalue weighted by Crippen LogP contribution is 2.44. The normalized spacial score (nSPS) is 11.3. The van der Waals surface area contributed by atoms with Crippen molar-refractivity contribution in [3.8, 4) is 55.6 Å². The fourth-order valence-corrected chi connectivity index (χ4v) is 8.68. The van der Waals surface area contributed by atoms with Crippen molar-refractivity contribution < 1.29 is 4.42 Å². The van der Waals surface area contributed by atoms with Crippen LogP contribution in [0.1, 0.15) is 0 Å². The fourth-order valence-electron chi connectivity index (χ4n) is 8.68. The fraction of sp³-hybridized carbons (Fsp3) is 0. The van der Waals surface area contributed by atoms with Gasteiger partial charge in [0.05, 0.1) is 0 Å². The predicted molar refractivity (Wildman–Crippen MR) is 253 cm³/mol. The van der Waals surface area contributed by atoms with Gasteiger partial charge in [-0.3, -0.25) is 0 Å². The van der Waals surface area contributed by atoms with Gasteiger partial charge in [0, 0.05) is 38.8 Å². The first-order valence-corrected chi connectivity index (χ1v) is 20.5. The number of hydrogen-bond acceptors (Lipinski definition) is 2. The summed E-state index contributed by atoms with van der Waals surface area (Å²) in [5.41, 5.74) is 16.8. The zero-order valence-corrected chi connectivity index (χ0v) is 32.9. The SMILES string of the molecule is c1ccc(-c2ccc(-c3ccc(N(c4ccc(-c5cccc6c5oc5c7ccccc7c(-c7ccccc7)cc65)cc4)c4cccc(-c5ccccc5)c4)cc3)cc2)cc1. The minimum absolute atomic E-state index is 0.899. The molecule has 282 valence electrons. The van der Waals surface area contributed by atoms with Gasteiger partial charge in [-0.15, -0.1) is 0 Å². The average Bonchev–Trinajstić information content (AvgIpc) is 3.72. The van der Waals surface area contributed by atoms with Crippen LogP contribution in [-0.2, 0) is 0 Å². The van der Waals surface area contributed by atoms with Crippen molar-refractivity contribution in [2.45, 2.75) is 0 Å². The molecule has 0 aliphatic heterocycles. The van der Waals surface area contributed by atoms with Crippen molar-refractivity contribution in [2.75, 3.05) is 4.90 Å². The minimum Gasteiger partial charge on any atom is -0.455 e. The van der Waals surface area contributed by atoms with Crippen molar-refractivity contribution in [1.82, 2.24) is 0 Å². The van der Waals surface area contributed by atoms with E-state index in [1.165, 1.54) is 49.9 Å². The molecule has 2 heteroatoms. The molecule has 0 amide bonds. The Morgan fingerprint density at radius 2 is 0.650 bits per heavy atom. The predicted octanol–water partition coefficient (Wildman–Crippen LogP) is 16.5. The van der Waals surface area contributed by atoms with Crippen molar-refractivity contribution in [3.63, 3.8) is 0 Å². The number of rotatable bonds is 8. The molecule has 11 aromatic rings. The zero-order chi connectivity index (χ0) is 39.8. The standard InChI is InChI=1S/C58H39NO/c1-4-14-40(15-5-1)42-26-28-43(29-27-42)44-30-34-48(35-31-44)59(50-21-12-20-47(38-50)41-16-6-2-7-17-41)49-36-32-46(33-37-49)51-24-13-25-54-56-39-55(45-18-8-3-9-19-45)52-22-10-11-23-53(52)58(56)60-57(51)54/h1-39H. The van der Waals surface area contributed by atoms with E-state index in [-0.39, 0.29) is 0 Å². The monoisotopic (exact) mass is 765 g/mol. The molecule has 0 saturated heterocycles. The third-order valence-electron chi connectivity index (χ3n) is 11.7. The molecule has 0 aliphatic rings. The third kappa shape index (κ3) is 6.41. The molecule has 0 radical (unpaired) electrons. The van der Waals surface area contributed by atoms with Crippen LogP contribution in [0, 0.1) is 0 Å². The lowest BCUT2D eigenvalue weighted by Crippen LogP contribution is -2.10. The summed E-state index contributed by atoms with van der Waals surface area (Å²) >= 11 is 0. The van der Waals surface area contributed by atoms with E-state index in [1.54, 1.807) is 0 Å². The second-order valence-electron chi connectivity index (χ2n) is 15.3. The maximum atomic E-state index is 6.88. The van der Waals surface area contributed by atoms with Crippen molar-refractivity contribution in [3.05, 3.63) is 237 Å². The van der Waals surface area contributed by atoms with Gasteiger partial charge in [0.1, 0.15) is 11.2 Å². The highest BCUT2D eigenvalue weighted by atomic mass is 16.3. The lowest BCUT2D eigenvalue weighted by molar-refractivity contribution is 0.674. The Hall–Kier alpha value is -7.94. The van der Waals surface area contributed by atoms with Crippen LogP contribution in [0.3, 0.4) is 0 Å². The Morgan fingerprint density at radius 3 is 1.27 bits per heavy atom. The molecule has 1 heterocycles.